The topological polar surface area (TPSA) is 53.0 Å². The molecule has 6 heteroatoms. The van der Waals surface area contributed by atoms with Crippen LogP contribution in [-0.4, -0.2) is 47.8 Å². The quantitative estimate of drug-likeness (QED) is 0.721. The van der Waals surface area contributed by atoms with Gasteiger partial charge in [0.15, 0.2) is 0 Å². The van der Waals surface area contributed by atoms with Gasteiger partial charge in [0.2, 0.25) is 0 Å². The lowest BCUT2D eigenvalue weighted by atomic mass is 10.0. The third-order valence-corrected chi connectivity index (χ3v) is 5.19. The third kappa shape index (κ3) is 5.94. The largest absolute Gasteiger partial charge is 0.491 e. The Balaban J connectivity index is 1.63. The van der Waals surface area contributed by atoms with Crippen LogP contribution in [0.3, 0.4) is 0 Å². The Labute approximate surface area is 171 Å². The van der Waals surface area contributed by atoms with Crippen molar-refractivity contribution in [3.63, 3.8) is 0 Å². The molecule has 0 spiro atoms. The number of carboxylic acid groups (broad SMARTS) is 1. The molecule has 3 rings (SSSR count). The summed E-state index contributed by atoms with van der Waals surface area (Å²) in [6.45, 7) is 5.95. The molecule has 1 N–H and O–H groups in total. The van der Waals surface area contributed by atoms with Gasteiger partial charge in [0, 0.05) is 25.7 Å². The van der Waals surface area contributed by atoms with E-state index in [1.165, 1.54) is 6.07 Å². The van der Waals surface area contributed by atoms with Gasteiger partial charge >= 0.3 is 5.97 Å². The van der Waals surface area contributed by atoms with Crippen molar-refractivity contribution in [3.05, 3.63) is 59.9 Å². The van der Waals surface area contributed by atoms with Gasteiger partial charge < -0.3 is 14.7 Å². The van der Waals surface area contributed by atoms with Crippen molar-refractivity contribution in [2.45, 2.75) is 45.4 Å². The summed E-state index contributed by atoms with van der Waals surface area (Å²) >= 11 is 0. The first-order valence-electron chi connectivity index (χ1n) is 10.1. The highest BCUT2D eigenvalue weighted by atomic mass is 19.1. The van der Waals surface area contributed by atoms with E-state index >= 15 is 0 Å². The van der Waals surface area contributed by atoms with E-state index in [4.69, 9.17) is 4.74 Å². The lowest BCUT2D eigenvalue weighted by Crippen LogP contribution is -2.46. The predicted molar refractivity (Wildman–Crippen MR) is 112 cm³/mol. The van der Waals surface area contributed by atoms with E-state index in [-0.39, 0.29) is 24.5 Å². The molecule has 29 heavy (non-hydrogen) atoms. The van der Waals surface area contributed by atoms with Crippen LogP contribution in [0.15, 0.2) is 48.5 Å². The monoisotopic (exact) mass is 400 g/mol. The van der Waals surface area contributed by atoms with Crippen molar-refractivity contribution in [2.24, 2.45) is 0 Å². The molecule has 0 aromatic heterocycles. The van der Waals surface area contributed by atoms with E-state index in [2.05, 4.69) is 0 Å². The molecule has 1 heterocycles. The summed E-state index contributed by atoms with van der Waals surface area (Å²) in [6, 6.07) is 14.8. The van der Waals surface area contributed by atoms with E-state index in [0.717, 1.165) is 24.2 Å². The highest BCUT2D eigenvalue weighted by molar-refractivity contribution is 5.69. The number of halogens is 1. The number of ether oxygens (including phenoxy) is 1. The Kier molecular flexibility index (Phi) is 7.09. The second-order valence-corrected chi connectivity index (χ2v) is 7.78. The molecule has 2 aromatic rings. The Morgan fingerprint density at radius 2 is 1.83 bits per heavy atom. The number of benzene rings is 2. The van der Waals surface area contributed by atoms with Crippen molar-refractivity contribution in [1.29, 1.82) is 0 Å². The summed E-state index contributed by atoms with van der Waals surface area (Å²) in [4.78, 5) is 15.5. The van der Waals surface area contributed by atoms with E-state index in [1.54, 1.807) is 12.1 Å². The molecule has 0 radical (unpaired) electrons. The molecule has 0 bridgehead atoms. The van der Waals surface area contributed by atoms with E-state index < -0.39 is 5.97 Å². The zero-order valence-electron chi connectivity index (χ0n) is 17.1. The maximum atomic E-state index is 14.1. The minimum Gasteiger partial charge on any atom is -0.491 e. The first kappa shape index (κ1) is 21.1. The third-order valence-electron chi connectivity index (χ3n) is 5.19. The number of hydrogen-bond donors (Lipinski definition) is 1. The van der Waals surface area contributed by atoms with Crippen LogP contribution in [0, 0.1) is 5.82 Å². The summed E-state index contributed by atoms with van der Waals surface area (Å²) < 4.78 is 19.7. The summed E-state index contributed by atoms with van der Waals surface area (Å²) in [5.74, 6) is -0.231. The second kappa shape index (κ2) is 9.74. The van der Waals surface area contributed by atoms with Gasteiger partial charge in [-0.3, -0.25) is 9.69 Å². The minimum absolute atomic E-state index is 0.00535. The lowest BCUT2D eigenvalue weighted by molar-refractivity contribution is -0.139. The van der Waals surface area contributed by atoms with Crippen molar-refractivity contribution in [1.82, 2.24) is 4.90 Å². The zero-order chi connectivity index (χ0) is 20.8. The fraction of sp³-hybridized carbons (Fsp3) is 0.435. The molecule has 1 aliphatic rings. The smallest absolute Gasteiger partial charge is 0.317 e. The molecule has 2 aromatic carbocycles. The van der Waals surface area contributed by atoms with Crippen LogP contribution in [0.5, 0.6) is 5.75 Å². The van der Waals surface area contributed by atoms with E-state index in [1.807, 2.05) is 54.0 Å². The summed E-state index contributed by atoms with van der Waals surface area (Å²) in [5, 5.41) is 9.38. The number of piperidine rings is 1. The van der Waals surface area contributed by atoms with Crippen molar-refractivity contribution < 1.29 is 19.0 Å². The van der Waals surface area contributed by atoms with Gasteiger partial charge in [-0.25, -0.2) is 4.39 Å². The molecular formula is C23H29FN2O3. The SMILES string of the molecule is CC(C)Oc1ccc(CN(CC(=O)O)C2CCN(c3ccccc3F)CC2)cc1. The standard InChI is InChI=1S/C23H29FN2O3/c1-17(2)29-20-9-7-18(8-10-20)15-26(16-23(27)28)19-11-13-25(14-12-19)22-6-4-3-5-21(22)24/h3-10,17,19H,11-16H2,1-2H3,(H,27,28). The zero-order valence-corrected chi connectivity index (χ0v) is 17.1. The maximum absolute atomic E-state index is 14.1. The van der Waals surface area contributed by atoms with Crippen LogP contribution < -0.4 is 9.64 Å². The minimum atomic E-state index is -0.832. The maximum Gasteiger partial charge on any atom is 0.317 e. The molecule has 1 saturated heterocycles. The highest BCUT2D eigenvalue weighted by Crippen LogP contribution is 2.26. The van der Waals surface area contributed by atoms with Gasteiger partial charge in [-0.05, 0) is 56.5 Å². The number of para-hydroxylation sites is 1. The van der Waals surface area contributed by atoms with Gasteiger partial charge in [0.25, 0.3) is 0 Å². The van der Waals surface area contributed by atoms with Crippen LogP contribution in [0.25, 0.3) is 0 Å². The number of nitrogens with zero attached hydrogens (tertiary/aromatic N) is 2. The van der Waals surface area contributed by atoms with Gasteiger partial charge in [-0.2, -0.15) is 0 Å². The molecule has 5 nitrogen and oxygen atoms in total. The number of carbonyl (C=O) groups is 1. The van der Waals surface area contributed by atoms with Crippen molar-refractivity contribution in [2.75, 3.05) is 24.5 Å². The molecular weight excluding hydrogens is 371 g/mol. The van der Waals surface area contributed by atoms with Crippen LogP contribution in [0.2, 0.25) is 0 Å². The molecule has 156 valence electrons. The Morgan fingerprint density at radius 1 is 1.17 bits per heavy atom. The van der Waals surface area contributed by atoms with Crippen LogP contribution in [0.1, 0.15) is 32.3 Å². The van der Waals surface area contributed by atoms with Crippen LogP contribution in [0.4, 0.5) is 10.1 Å². The summed E-state index contributed by atoms with van der Waals surface area (Å²) in [6.07, 6.45) is 1.72. The Bertz CT molecular complexity index is 802. The number of aliphatic carboxylic acids is 1. The van der Waals surface area contributed by atoms with E-state index in [0.29, 0.717) is 25.3 Å². The predicted octanol–water partition coefficient (Wildman–Crippen LogP) is 4.17. The summed E-state index contributed by atoms with van der Waals surface area (Å²) in [7, 11) is 0. The fourth-order valence-electron chi connectivity index (χ4n) is 3.85. The Hall–Kier alpha value is -2.60. The van der Waals surface area contributed by atoms with E-state index in [9.17, 15) is 14.3 Å². The van der Waals surface area contributed by atoms with Gasteiger partial charge in [0.1, 0.15) is 11.6 Å². The van der Waals surface area contributed by atoms with Crippen LogP contribution in [-0.2, 0) is 11.3 Å². The molecule has 0 aliphatic carbocycles. The van der Waals surface area contributed by atoms with Gasteiger partial charge in [-0.1, -0.05) is 24.3 Å². The van der Waals surface area contributed by atoms with Crippen molar-refractivity contribution >= 4 is 11.7 Å². The average Bonchev–Trinajstić information content (AvgIpc) is 2.69. The molecule has 0 saturated carbocycles. The lowest BCUT2D eigenvalue weighted by Gasteiger charge is -2.39. The molecule has 0 atom stereocenters. The number of hydrogen-bond acceptors (Lipinski definition) is 4. The molecule has 1 aliphatic heterocycles. The second-order valence-electron chi connectivity index (χ2n) is 7.78. The highest BCUT2D eigenvalue weighted by Gasteiger charge is 2.27. The van der Waals surface area contributed by atoms with Gasteiger partial charge in [0.05, 0.1) is 18.3 Å². The van der Waals surface area contributed by atoms with Crippen LogP contribution >= 0.6 is 0 Å². The average molecular weight is 400 g/mol. The molecule has 0 amide bonds. The molecule has 0 unspecified atom stereocenters. The first-order chi connectivity index (χ1) is 13.9. The first-order valence-corrected chi connectivity index (χ1v) is 10.1. The van der Waals surface area contributed by atoms with Crippen molar-refractivity contribution in [3.8, 4) is 5.75 Å². The number of anilines is 1. The Morgan fingerprint density at radius 3 is 2.41 bits per heavy atom. The summed E-state index contributed by atoms with van der Waals surface area (Å²) in [5.41, 5.74) is 1.68. The molecule has 1 fully saturated rings. The van der Waals surface area contributed by atoms with Gasteiger partial charge in [-0.15, -0.1) is 0 Å². The fourth-order valence-corrected chi connectivity index (χ4v) is 3.85. The number of carboxylic acids is 1. The number of rotatable bonds is 8. The normalized spacial score (nSPS) is 15.1.